The summed E-state index contributed by atoms with van der Waals surface area (Å²) in [5.41, 5.74) is 4.26. The Morgan fingerprint density at radius 3 is 2.35 bits per heavy atom. The number of hydrogen-bond donors (Lipinski definition) is 2. The van der Waals surface area contributed by atoms with Crippen molar-refractivity contribution in [2.24, 2.45) is 0 Å². The largest absolute Gasteiger partial charge is 0.491 e. The highest BCUT2D eigenvalue weighted by molar-refractivity contribution is 7.92. The average molecular weight is 559 g/mol. The van der Waals surface area contributed by atoms with E-state index < -0.39 is 22.0 Å². The zero-order chi connectivity index (χ0) is 28.4. The predicted octanol–water partition coefficient (Wildman–Crippen LogP) is 5.21. The molecule has 2 N–H and O–H groups in total. The second kappa shape index (κ2) is 11.0. The number of nitrogens with zero attached hydrogens (tertiary/aromatic N) is 2. The molecule has 40 heavy (non-hydrogen) atoms. The van der Waals surface area contributed by atoms with Gasteiger partial charge >= 0.3 is 0 Å². The molecule has 1 atom stereocenters. The van der Waals surface area contributed by atoms with Crippen LogP contribution in [-0.4, -0.2) is 36.9 Å². The van der Waals surface area contributed by atoms with Gasteiger partial charge in [-0.1, -0.05) is 36.4 Å². The number of amides is 1. The molecule has 0 radical (unpaired) electrons. The van der Waals surface area contributed by atoms with Crippen molar-refractivity contribution < 1.29 is 22.7 Å². The molecule has 0 spiro atoms. The van der Waals surface area contributed by atoms with Crippen molar-refractivity contribution in [3.63, 3.8) is 0 Å². The highest BCUT2D eigenvalue weighted by Crippen LogP contribution is 2.31. The summed E-state index contributed by atoms with van der Waals surface area (Å²) in [6.07, 6.45) is -0.625. The number of benzene rings is 3. The Kier molecular flexibility index (Phi) is 7.44. The number of fused-ring (bicyclic) bond motifs is 4. The van der Waals surface area contributed by atoms with Gasteiger partial charge in [-0.2, -0.15) is 4.98 Å². The number of carbonyl (C=O) groups is 1. The van der Waals surface area contributed by atoms with Gasteiger partial charge in [0.1, 0.15) is 11.9 Å². The van der Waals surface area contributed by atoms with Crippen molar-refractivity contribution in [3.05, 3.63) is 95.1 Å². The minimum Gasteiger partial charge on any atom is -0.491 e. The molecule has 3 aromatic carbocycles. The molecule has 4 aromatic rings. The summed E-state index contributed by atoms with van der Waals surface area (Å²) in [4.78, 5) is 21.9. The Morgan fingerprint density at radius 1 is 0.950 bits per heavy atom. The molecule has 1 aliphatic rings. The Bertz CT molecular complexity index is 1650. The van der Waals surface area contributed by atoms with E-state index in [9.17, 15) is 13.2 Å². The lowest BCUT2D eigenvalue weighted by Gasteiger charge is -2.21. The van der Waals surface area contributed by atoms with Gasteiger partial charge in [-0.3, -0.25) is 4.79 Å². The van der Waals surface area contributed by atoms with Crippen LogP contribution >= 0.6 is 0 Å². The van der Waals surface area contributed by atoms with Crippen LogP contribution < -0.4 is 19.5 Å². The van der Waals surface area contributed by atoms with Crippen LogP contribution in [0.15, 0.2) is 77.7 Å². The van der Waals surface area contributed by atoms with Gasteiger partial charge in [0.05, 0.1) is 23.2 Å². The number of sulfonamides is 1. The first kappa shape index (κ1) is 27.1. The predicted molar refractivity (Wildman–Crippen MR) is 152 cm³/mol. The fourth-order valence-corrected chi connectivity index (χ4v) is 5.54. The summed E-state index contributed by atoms with van der Waals surface area (Å²) in [6, 6.07) is 20.8. The zero-order valence-corrected chi connectivity index (χ0v) is 23.5. The summed E-state index contributed by atoms with van der Waals surface area (Å²) < 4.78 is 41.2. The number of carbonyl (C=O) groups excluding carboxylic acids is 1. The molecule has 4 bridgehead atoms. The Labute approximate surface area is 233 Å². The number of hydrogen-bond acceptors (Lipinski definition) is 7. The van der Waals surface area contributed by atoms with E-state index in [1.807, 2.05) is 70.2 Å². The highest BCUT2D eigenvalue weighted by atomic mass is 32.2. The number of anilines is 1. The SMILES string of the molecule is Cc1cccc(C)c1-c1cc2nc(n1)NS(=O)(=O)c1cccc(c1)C(=O)NCC(c1ccc(OC(C)C)cc1)O2. The number of ether oxygens (including phenoxy) is 2. The molecule has 1 aromatic heterocycles. The van der Waals surface area contributed by atoms with Crippen LogP contribution in [0.3, 0.4) is 0 Å². The van der Waals surface area contributed by atoms with Crippen LogP contribution in [0.1, 0.15) is 47.0 Å². The lowest BCUT2D eigenvalue weighted by molar-refractivity contribution is 0.0925. The van der Waals surface area contributed by atoms with Gasteiger partial charge in [-0.05, 0) is 74.7 Å². The summed E-state index contributed by atoms with van der Waals surface area (Å²) in [5.74, 6) is 0.288. The molecule has 10 heteroatoms. The van der Waals surface area contributed by atoms with Crippen molar-refractivity contribution in [3.8, 4) is 22.9 Å². The van der Waals surface area contributed by atoms with Crippen molar-refractivity contribution >= 4 is 21.9 Å². The third kappa shape index (κ3) is 5.91. The van der Waals surface area contributed by atoms with E-state index in [2.05, 4.69) is 20.0 Å². The minimum absolute atomic E-state index is 0.0222. The lowest BCUT2D eigenvalue weighted by Crippen LogP contribution is -2.30. The van der Waals surface area contributed by atoms with E-state index in [0.29, 0.717) is 11.4 Å². The molecule has 0 fully saturated rings. The van der Waals surface area contributed by atoms with Gasteiger partial charge < -0.3 is 14.8 Å². The molecule has 0 aliphatic carbocycles. The van der Waals surface area contributed by atoms with Crippen LogP contribution in [0.25, 0.3) is 11.3 Å². The molecule has 1 aliphatic heterocycles. The normalized spacial score (nSPS) is 16.4. The van der Waals surface area contributed by atoms with Crippen molar-refractivity contribution in [1.82, 2.24) is 15.3 Å². The number of aromatic nitrogens is 2. The van der Waals surface area contributed by atoms with E-state index in [1.165, 1.54) is 18.2 Å². The number of rotatable bonds is 4. The van der Waals surface area contributed by atoms with Gasteiger partial charge in [0, 0.05) is 17.2 Å². The Balaban J connectivity index is 1.64. The van der Waals surface area contributed by atoms with Gasteiger partial charge in [-0.25, -0.2) is 18.1 Å². The topological polar surface area (TPSA) is 120 Å². The van der Waals surface area contributed by atoms with Crippen LogP contribution in [0, 0.1) is 13.8 Å². The van der Waals surface area contributed by atoms with Gasteiger partial charge in [0.25, 0.3) is 15.9 Å². The van der Waals surface area contributed by atoms with E-state index >= 15 is 0 Å². The molecule has 1 amide bonds. The zero-order valence-electron chi connectivity index (χ0n) is 22.6. The molecule has 5 rings (SSSR count). The Hall–Kier alpha value is -4.44. The third-order valence-corrected chi connectivity index (χ3v) is 7.73. The monoisotopic (exact) mass is 558 g/mol. The van der Waals surface area contributed by atoms with Crippen LogP contribution in [0.4, 0.5) is 5.95 Å². The van der Waals surface area contributed by atoms with E-state index in [0.717, 1.165) is 22.3 Å². The summed E-state index contributed by atoms with van der Waals surface area (Å²) in [6.45, 7) is 7.92. The van der Waals surface area contributed by atoms with Gasteiger partial charge in [-0.15, -0.1) is 0 Å². The maximum absolute atomic E-state index is 13.3. The maximum Gasteiger partial charge on any atom is 0.264 e. The first-order chi connectivity index (χ1) is 19.1. The van der Waals surface area contributed by atoms with E-state index in [1.54, 1.807) is 12.1 Å². The van der Waals surface area contributed by atoms with Crippen molar-refractivity contribution in [2.75, 3.05) is 11.3 Å². The maximum atomic E-state index is 13.3. The highest BCUT2D eigenvalue weighted by Gasteiger charge is 2.23. The lowest BCUT2D eigenvalue weighted by atomic mass is 10.00. The van der Waals surface area contributed by atoms with E-state index in [4.69, 9.17) is 9.47 Å². The Morgan fingerprint density at radius 2 is 1.65 bits per heavy atom. The number of nitrogens with one attached hydrogen (secondary N) is 2. The fraction of sp³-hybridized carbons (Fsp3) is 0.233. The molecule has 2 heterocycles. The first-order valence-electron chi connectivity index (χ1n) is 12.9. The van der Waals surface area contributed by atoms with Crippen LogP contribution in [0.2, 0.25) is 0 Å². The standard InChI is InChI=1S/C30H30N4O5S/c1-18(2)38-23-13-11-21(12-14-23)26-17-31-29(35)22-9-6-10-24(15-22)40(36,37)34-30-32-25(16-27(33-30)39-26)28-19(3)7-5-8-20(28)4/h5-16,18,26H,17H2,1-4H3,(H,31,35)(H,32,33,34). The summed E-state index contributed by atoms with van der Waals surface area (Å²) in [7, 11) is -4.11. The second-order valence-corrected chi connectivity index (χ2v) is 11.5. The summed E-state index contributed by atoms with van der Waals surface area (Å²) >= 11 is 0. The van der Waals surface area contributed by atoms with Crippen molar-refractivity contribution in [1.29, 1.82) is 0 Å². The van der Waals surface area contributed by atoms with Crippen molar-refractivity contribution in [2.45, 2.75) is 44.8 Å². The molecule has 1 unspecified atom stereocenters. The molecule has 206 valence electrons. The molecule has 0 saturated carbocycles. The first-order valence-corrected chi connectivity index (χ1v) is 14.4. The van der Waals surface area contributed by atoms with Crippen LogP contribution in [-0.2, 0) is 10.0 Å². The smallest absolute Gasteiger partial charge is 0.264 e. The average Bonchev–Trinajstić information content (AvgIpc) is 2.90. The summed E-state index contributed by atoms with van der Waals surface area (Å²) in [5, 5.41) is 2.87. The fourth-order valence-electron chi connectivity index (χ4n) is 4.56. The molecular formula is C30H30N4O5S. The minimum atomic E-state index is -4.11. The van der Waals surface area contributed by atoms with Gasteiger partial charge in [0.15, 0.2) is 0 Å². The van der Waals surface area contributed by atoms with E-state index in [-0.39, 0.29) is 34.9 Å². The van der Waals surface area contributed by atoms with Gasteiger partial charge in [0.2, 0.25) is 11.8 Å². The third-order valence-electron chi connectivity index (χ3n) is 6.41. The number of aryl methyl sites for hydroxylation is 2. The van der Waals surface area contributed by atoms with Crippen LogP contribution in [0.5, 0.6) is 11.6 Å². The quantitative estimate of drug-likeness (QED) is 0.353. The molecular weight excluding hydrogens is 528 g/mol. The molecule has 9 nitrogen and oxygen atoms in total. The second-order valence-electron chi connectivity index (χ2n) is 9.87. The molecule has 0 saturated heterocycles.